The van der Waals surface area contributed by atoms with Gasteiger partial charge in [0.1, 0.15) is 18.3 Å². The van der Waals surface area contributed by atoms with Gasteiger partial charge in [-0.05, 0) is 74.4 Å². The van der Waals surface area contributed by atoms with Crippen molar-refractivity contribution >= 4 is 8.07 Å². The molecule has 0 spiro atoms. The summed E-state index contributed by atoms with van der Waals surface area (Å²) < 4.78 is 53.4. The van der Waals surface area contributed by atoms with Crippen LogP contribution in [-0.2, 0) is 17.6 Å². The number of benzene rings is 1. The fourth-order valence-corrected chi connectivity index (χ4v) is 5.50. The molecule has 5 nitrogen and oxygen atoms in total. The maximum atomic E-state index is 13.4. The molecule has 9 heteroatoms. The molecular formula is C29H38F3N3O2Si. The molecule has 1 fully saturated rings. The zero-order valence-corrected chi connectivity index (χ0v) is 23.7. The van der Waals surface area contributed by atoms with E-state index < -0.39 is 19.9 Å². The monoisotopic (exact) mass is 545 g/mol. The lowest BCUT2D eigenvalue weighted by molar-refractivity contribution is -0.141. The van der Waals surface area contributed by atoms with Crippen molar-refractivity contribution in [1.29, 1.82) is 0 Å². The summed E-state index contributed by atoms with van der Waals surface area (Å²) in [5.74, 6) is 1.99. The number of halogens is 3. The van der Waals surface area contributed by atoms with Gasteiger partial charge in [-0.3, -0.25) is 4.98 Å². The van der Waals surface area contributed by atoms with Crippen molar-refractivity contribution in [3.63, 3.8) is 0 Å². The SMILES string of the molecule is Cc1cccc(OCC2CCC(c3ccc(-c4nc(C(F)(F)F)cn4COCC[Si](C)(C)C)cn3)CC2)c1. The molecule has 0 N–H and O–H groups in total. The van der Waals surface area contributed by atoms with Crippen molar-refractivity contribution in [2.24, 2.45) is 5.92 Å². The van der Waals surface area contributed by atoms with E-state index in [1.54, 1.807) is 6.20 Å². The Morgan fingerprint density at radius 3 is 2.45 bits per heavy atom. The van der Waals surface area contributed by atoms with E-state index in [1.165, 1.54) is 10.1 Å². The maximum absolute atomic E-state index is 13.4. The fourth-order valence-electron chi connectivity index (χ4n) is 4.75. The molecule has 1 saturated carbocycles. The van der Waals surface area contributed by atoms with Gasteiger partial charge in [-0.25, -0.2) is 4.98 Å². The summed E-state index contributed by atoms with van der Waals surface area (Å²) in [6.07, 6.45) is 2.31. The molecule has 0 atom stereocenters. The van der Waals surface area contributed by atoms with Crippen LogP contribution in [0.2, 0.25) is 25.7 Å². The van der Waals surface area contributed by atoms with Crippen LogP contribution >= 0.6 is 0 Å². The van der Waals surface area contributed by atoms with Crippen LogP contribution in [0.4, 0.5) is 13.2 Å². The molecule has 0 saturated heterocycles. The van der Waals surface area contributed by atoms with Crippen LogP contribution in [0.5, 0.6) is 5.75 Å². The van der Waals surface area contributed by atoms with Gasteiger partial charge in [0.2, 0.25) is 0 Å². The van der Waals surface area contributed by atoms with Crippen LogP contribution in [-0.4, -0.2) is 35.8 Å². The lowest BCUT2D eigenvalue weighted by atomic mass is 9.80. The Balaban J connectivity index is 1.36. The van der Waals surface area contributed by atoms with Crippen molar-refractivity contribution in [3.05, 3.63) is 65.7 Å². The number of hydrogen-bond acceptors (Lipinski definition) is 4. The van der Waals surface area contributed by atoms with E-state index >= 15 is 0 Å². The third-order valence-electron chi connectivity index (χ3n) is 7.08. The van der Waals surface area contributed by atoms with E-state index in [0.717, 1.165) is 49.4 Å². The topological polar surface area (TPSA) is 49.2 Å². The van der Waals surface area contributed by atoms with E-state index in [4.69, 9.17) is 9.47 Å². The standard InChI is InChI=1S/C29H38F3N3O2Si/c1-21-6-5-7-25(16-21)37-19-22-8-10-23(11-9-22)26-13-12-24(17-33-26)28-34-27(29(30,31)32)18-35(28)20-36-14-15-38(2,3)4/h5-7,12-13,16-18,22-23H,8-11,14-15,19-20H2,1-4H3. The van der Waals surface area contributed by atoms with Gasteiger partial charge in [-0.2, -0.15) is 13.2 Å². The second-order valence-corrected chi connectivity index (χ2v) is 17.2. The first kappa shape index (κ1) is 28.4. The van der Waals surface area contributed by atoms with Crippen molar-refractivity contribution in [2.75, 3.05) is 13.2 Å². The average Bonchev–Trinajstić information content (AvgIpc) is 3.30. The minimum absolute atomic E-state index is 0.0271. The largest absolute Gasteiger partial charge is 0.493 e. The third-order valence-corrected chi connectivity index (χ3v) is 8.78. The van der Waals surface area contributed by atoms with Crippen LogP contribution in [0.15, 0.2) is 48.8 Å². The van der Waals surface area contributed by atoms with Crippen molar-refractivity contribution in [3.8, 4) is 17.1 Å². The maximum Gasteiger partial charge on any atom is 0.434 e. The van der Waals surface area contributed by atoms with Crippen LogP contribution in [0, 0.1) is 12.8 Å². The van der Waals surface area contributed by atoms with Gasteiger partial charge in [0.15, 0.2) is 5.69 Å². The number of alkyl halides is 3. The summed E-state index contributed by atoms with van der Waals surface area (Å²) in [5, 5.41) is 0. The van der Waals surface area contributed by atoms with E-state index in [9.17, 15) is 13.2 Å². The highest BCUT2D eigenvalue weighted by molar-refractivity contribution is 6.76. The van der Waals surface area contributed by atoms with Gasteiger partial charge in [0.25, 0.3) is 0 Å². The summed E-state index contributed by atoms with van der Waals surface area (Å²) in [6, 6.07) is 12.8. The number of aromatic nitrogens is 3. The predicted molar refractivity (Wildman–Crippen MR) is 146 cm³/mol. The molecule has 38 heavy (non-hydrogen) atoms. The molecule has 0 radical (unpaired) electrons. The molecule has 2 heterocycles. The molecule has 2 aromatic heterocycles. The second kappa shape index (κ2) is 12.0. The highest BCUT2D eigenvalue weighted by atomic mass is 28.3. The first-order valence-corrected chi connectivity index (χ1v) is 17.1. The van der Waals surface area contributed by atoms with Crippen LogP contribution < -0.4 is 4.74 Å². The van der Waals surface area contributed by atoms with Crippen molar-refractivity contribution in [1.82, 2.24) is 14.5 Å². The molecule has 3 aromatic rings. The summed E-state index contributed by atoms with van der Waals surface area (Å²) in [5.41, 5.74) is 1.80. The molecular weight excluding hydrogens is 507 g/mol. The van der Waals surface area contributed by atoms with E-state index in [0.29, 0.717) is 30.6 Å². The minimum atomic E-state index is -4.52. The number of rotatable bonds is 10. The molecule has 1 aliphatic carbocycles. The number of pyridine rings is 1. The molecule has 1 aliphatic rings. The van der Waals surface area contributed by atoms with Gasteiger partial charge in [0.05, 0.1) is 6.61 Å². The van der Waals surface area contributed by atoms with Crippen LogP contribution in [0.1, 0.15) is 48.6 Å². The number of imidazole rings is 1. The Kier molecular flexibility index (Phi) is 8.98. The van der Waals surface area contributed by atoms with Gasteiger partial charge in [-0.15, -0.1) is 0 Å². The van der Waals surface area contributed by atoms with Gasteiger partial charge in [-0.1, -0.05) is 31.8 Å². The molecule has 206 valence electrons. The lowest BCUT2D eigenvalue weighted by Gasteiger charge is -2.28. The highest BCUT2D eigenvalue weighted by Gasteiger charge is 2.35. The molecule has 0 aliphatic heterocycles. The van der Waals surface area contributed by atoms with Crippen molar-refractivity contribution in [2.45, 2.75) is 77.1 Å². The summed E-state index contributed by atoms with van der Waals surface area (Å²) in [6.45, 7) is 10.0. The molecule has 0 bridgehead atoms. The van der Waals surface area contributed by atoms with Gasteiger partial charge < -0.3 is 14.0 Å². The zero-order valence-electron chi connectivity index (χ0n) is 22.7. The number of ether oxygens (including phenoxy) is 2. The number of aryl methyl sites for hydroxylation is 1. The average molecular weight is 546 g/mol. The van der Waals surface area contributed by atoms with E-state index in [-0.39, 0.29) is 12.6 Å². The van der Waals surface area contributed by atoms with Crippen molar-refractivity contribution < 1.29 is 22.6 Å². The van der Waals surface area contributed by atoms with Gasteiger partial charge in [0, 0.05) is 44.2 Å². The Morgan fingerprint density at radius 2 is 1.82 bits per heavy atom. The molecule has 4 rings (SSSR count). The third kappa shape index (κ3) is 7.93. The molecule has 1 aromatic carbocycles. The highest BCUT2D eigenvalue weighted by Crippen LogP contribution is 2.36. The summed E-state index contributed by atoms with van der Waals surface area (Å²) >= 11 is 0. The zero-order chi connectivity index (χ0) is 27.3. The lowest BCUT2D eigenvalue weighted by Crippen LogP contribution is -2.22. The van der Waals surface area contributed by atoms with Crippen LogP contribution in [0.3, 0.4) is 0 Å². The Morgan fingerprint density at radius 1 is 1.05 bits per heavy atom. The molecule has 0 amide bonds. The number of hydrogen-bond donors (Lipinski definition) is 0. The van der Waals surface area contributed by atoms with Crippen LogP contribution in [0.25, 0.3) is 11.4 Å². The smallest absolute Gasteiger partial charge is 0.434 e. The number of nitrogens with zero attached hydrogens (tertiary/aromatic N) is 3. The van der Waals surface area contributed by atoms with E-state index in [1.807, 2.05) is 24.3 Å². The minimum Gasteiger partial charge on any atom is -0.493 e. The first-order chi connectivity index (χ1) is 18.0. The predicted octanol–water partition coefficient (Wildman–Crippen LogP) is 7.94. The molecule has 0 unspecified atom stereocenters. The Bertz CT molecular complexity index is 1180. The Hall–Kier alpha value is -2.65. The normalized spacial score (nSPS) is 18.5. The first-order valence-electron chi connectivity index (χ1n) is 13.4. The van der Waals surface area contributed by atoms with Gasteiger partial charge >= 0.3 is 6.18 Å². The summed E-state index contributed by atoms with van der Waals surface area (Å²) in [7, 11) is -1.29. The van der Waals surface area contributed by atoms with E-state index in [2.05, 4.69) is 48.7 Å². The summed E-state index contributed by atoms with van der Waals surface area (Å²) in [4.78, 5) is 8.54. The Labute approximate surface area is 224 Å². The quantitative estimate of drug-likeness (QED) is 0.192. The second-order valence-electron chi connectivity index (χ2n) is 11.6. The fraction of sp³-hybridized carbons (Fsp3) is 0.517.